The summed E-state index contributed by atoms with van der Waals surface area (Å²) in [7, 11) is 3.35. The van der Waals surface area contributed by atoms with Crippen LogP contribution in [0.4, 0.5) is 5.69 Å². The van der Waals surface area contributed by atoms with Gasteiger partial charge in [-0.3, -0.25) is 4.79 Å². The van der Waals surface area contributed by atoms with E-state index in [1.54, 1.807) is 19.1 Å². The molecule has 0 aliphatic carbocycles. The Kier molecular flexibility index (Phi) is 4.73. The molecule has 0 aliphatic heterocycles. The number of carbonyl (C=O) groups is 1. The summed E-state index contributed by atoms with van der Waals surface area (Å²) in [5.41, 5.74) is 6.34. The van der Waals surface area contributed by atoms with Gasteiger partial charge in [-0.15, -0.1) is 0 Å². The Balaban J connectivity index is 2.74. The third-order valence-corrected chi connectivity index (χ3v) is 2.80. The summed E-state index contributed by atoms with van der Waals surface area (Å²) in [5.74, 6) is 0.735. The van der Waals surface area contributed by atoms with E-state index in [2.05, 4.69) is 0 Å². The van der Waals surface area contributed by atoms with Crippen LogP contribution in [0.2, 0.25) is 0 Å². The minimum absolute atomic E-state index is 0.0398. The van der Waals surface area contributed by atoms with Gasteiger partial charge in [0.2, 0.25) is 5.91 Å². The Hall–Kier alpha value is -1.55. The quantitative estimate of drug-likeness (QED) is 0.871. The summed E-state index contributed by atoms with van der Waals surface area (Å²) in [6.07, 6.45) is 1.09. The molecular formula is C14H22N2O2. The van der Waals surface area contributed by atoms with Gasteiger partial charge in [-0.1, -0.05) is 12.1 Å². The monoisotopic (exact) mass is 250 g/mol. The highest BCUT2D eigenvalue weighted by Gasteiger charge is 2.18. The number of amides is 1. The number of hydrogen-bond acceptors (Lipinski definition) is 3. The van der Waals surface area contributed by atoms with Gasteiger partial charge in [0.25, 0.3) is 0 Å². The number of nitrogens with two attached hydrogens (primary N) is 1. The lowest BCUT2D eigenvalue weighted by atomic mass is 10.00. The van der Waals surface area contributed by atoms with Crippen molar-refractivity contribution >= 4 is 11.6 Å². The summed E-state index contributed by atoms with van der Waals surface area (Å²) in [6, 6.07) is 7.47. The minimum atomic E-state index is -0.322. The SMILES string of the molecule is COc1ccccc1N(C)C(=O)CCC(C)(C)N. The lowest BCUT2D eigenvalue weighted by Gasteiger charge is -2.22. The number of ether oxygens (including phenoxy) is 1. The van der Waals surface area contributed by atoms with Crippen LogP contribution >= 0.6 is 0 Å². The second-order valence-electron chi connectivity index (χ2n) is 5.11. The molecule has 100 valence electrons. The van der Waals surface area contributed by atoms with Crippen LogP contribution in [0, 0.1) is 0 Å². The summed E-state index contributed by atoms with van der Waals surface area (Å²) < 4.78 is 5.24. The average molecular weight is 250 g/mol. The molecule has 1 rings (SSSR count). The summed E-state index contributed by atoms with van der Waals surface area (Å²) >= 11 is 0. The first kappa shape index (κ1) is 14.5. The zero-order valence-corrected chi connectivity index (χ0v) is 11.6. The maximum Gasteiger partial charge on any atom is 0.226 e. The molecule has 4 nitrogen and oxygen atoms in total. The molecule has 0 fully saturated rings. The number of anilines is 1. The van der Waals surface area contributed by atoms with Gasteiger partial charge < -0.3 is 15.4 Å². The van der Waals surface area contributed by atoms with Gasteiger partial charge >= 0.3 is 0 Å². The number of para-hydroxylation sites is 2. The molecule has 18 heavy (non-hydrogen) atoms. The van der Waals surface area contributed by atoms with Gasteiger partial charge in [-0.2, -0.15) is 0 Å². The van der Waals surface area contributed by atoms with Gasteiger partial charge in [0, 0.05) is 19.0 Å². The average Bonchev–Trinajstić information content (AvgIpc) is 2.34. The topological polar surface area (TPSA) is 55.6 Å². The van der Waals surface area contributed by atoms with E-state index < -0.39 is 0 Å². The number of rotatable bonds is 5. The van der Waals surface area contributed by atoms with Gasteiger partial charge in [-0.25, -0.2) is 0 Å². The first-order chi connectivity index (χ1) is 8.35. The maximum absolute atomic E-state index is 12.1. The molecule has 0 unspecified atom stereocenters. The highest BCUT2D eigenvalue weighted by molar-refractivity contribution is 5.94. The molecule has 0 aliphatic rings. The third kappa shape index (κ3) is 4.04. The number of hydrogen-bond donors (Lipinski definition) is 1. The van der Waals surface area contributed by atoms with Crippen LogP contribution in [0.25, 0.3) is 0 Å². The van der Waals surface area contributed by atoms with Crippen LogP contribution in [0.1, 0.15) is 26.7 Å². The van der Waals surface area contributed by atoms with Crippen LogP contribution in [0.5, 0.6) is 5.75 Å². The van der Waals surface area contributed by atoms with Crippen molar-refractivity contribution in [2.24, 2.45) is 5.73 Å². The van der Waals surface area contributed by atoms with Crippen LogP contribution in [0.15, 0.2) is 24.3 Å². The second kappa shape index (κ2) is 5.87. The van der Waals surface area contributed by atoms with Crippen LogP contribution in [-0.4, -0.2) is 25.6 Å². The minimum Gasteiger partial charge on any atom is -0.495 e. The molecular weight excluding hydrogens is 228 g/mol. The molecule has 0 aromatic heterocycles. The van der Waals surface area contributed by atoms with Crippen molar-refractivity contribution in [3.63, 3.8) is 0 Å². The summed E-state index contributed by atoms with van der Waals surface area (Å²) in [4.78, 5) is 13.7. The molecule has 1 amide bonds. The molecule has 0 atom stereocenters. The van der Waals surface area contributed by atoms with E-state index in [-0.39, 0.29) is 11.4 Å². The fourth-order valence-electron chi connectivity index (χ4n) is 1.64. The largest absolute Gasteiger partial charge is 0.495 e. The zero-order chi connectivity index (χ0) is 13.8. The third-order valence-electron chi connectivity index (χ3n) is 2.80. The van der Waals surface area contributed by atoms with Crippen molar-refractivity contribution in [1.82, 2.24) is 0 Å². The molecule has 0 heterocycles. The second-order valence-corrected chi connectivity index (χ2v) is 5.11. The number of nitrogens with zero attached hydrogens (tertiary/aromatic N) is 1. The number of benzene rings is 1. The summed E-state index contributed by atoms with van der Waals surface area (Å²) in [6.45, 7) is 3.84. The first-order valence-electron chi connectivity index (χ1n) is 6.03. The van der Waals surface area contributed by atoms with Crippen molar-refractivity contribution in [3.05, 3.63) is 24.3 Å². The highest BCUT2D eigenvalue weighted by atomic mass is 16.5. The normalized spacial score (nSPS) is 11.2. The summed E-state index contributed by atoms with van der Waals surface area (Å²) in [5, 5.41) is 0. The number of methoxy groups -OCH3 is 1. The van der Waals surface area contributed by atoms with E-state index in [0.717, 1.165) is 5.69 Å². The molecule has 0 radical (unpaired) electrons. The van der Waals surface area contributed by atoms with Crippen molar-refractivity contribution < 1.29 is 9.53 Å². The molecule has 4 heteroatoms. The predicted octanol–water partition coefficient (Wildman–Crippen LogP) is 2.18. The van der Waals surface area contributed by atoms with E-state index in [1.807, 2.05) is 38.1 Å². The van der Waals surface area contributed by atoms with E-state index in [0.29, 0.717) is 18.6 Å². The fourth-order valence-corrected chi connectivity index (χ4v) is 1.64. The van der Waals surface area contributed by atoms with E-state index in [4.69, 9.17) is 10.5 Å². The Morgan fingerprint density at radius 2 is 2.00 bits per heavy atom. The van der Waals surface area contributed by atoms with Crippen LogP contribution < -0.4 is 15.4 Å². The van der Waals surface area contributed by atoms with Crippen molar-refractivity contribution in [2.45, 2.75) is 32.2 Å². The Morgan fingerprint density at radius 3 is 2.56 bits per heavy atom. The molecule has 1 aromatic carbocycles. The smallest absolute Gasteiger partial charge is 0.226 e. The van der Waals surface area contributed by atoms with Crippen molar-refractivity contribution in [1.29, 1.82) is 0 Å². The molecule has 0 saturated heterocycles. The molecule has 0 saturated carbocycles. The van der Waals surface area contributed by atoms with Crippen LogP contribution in [-0.2, 0) is 4.79 Å². The molecule has 2 N–H and O–H groups in total. The predicted molar refractivity (Wildman–Crippen MR) is 73.9 cm³/mol. The Labute approximate surface area is 109 Å². The van der Waals surface area contributed by atoms with E-state index >= 15 is 0 Å². The van der Waals surface area contributed by atoms with Gasteiger partial charge in [0.05, 0.1) is 12.8 Å². The fraction of sp³-hybridized carbons (Fsp3) is 0.500. The maximum atomic E-state index is 12.1. The van der Waals surface area contributed by atoms with Gasteiger partial charge in [0.15, 0.2) is 0 Å². The standard InChI is InChI=1S/C14H22N2O2/c1-14(2,15)10-9-13(17)16(3)11-7-5-6-8-12(11)18-4/h5-8H,9-10,15H2,1-4H3. The Bertz CT molecular complexity index is 411. The molecule has 1 aromatic rings. The lowest BCUT2D eigenvalue weighted by Crippen LogP contribution is -2.35. The van der Waals surface area contributed by atoms with Crippen molar-refractivity contribution in [3.8, 4) is 5.75 Å². The lowest BCUT2D eigenvalue weighted by molar-refractivity contribution is -0.118. The van der Waals surface area contributed by atoms with Gasteiger partial charge in [0.1, 0.15) is 5.75 Å². The first-order valence-corrected chi connectivity index (χ1v) is 6.03. The van der Waals surface area contributed by atoms with Gasteiger partial charge in [-0.05, 0) is 32.4 Å². The van der Waals surface area contributed by atoms with Crippen LogP contribution in [0.3, 0.4) is 0 Å². The van der Waals surface area contributed by atoms with E-state index in [9.17, 15) is 4.79 Å². The zero-order valence-electron chi connectivity index (χ0n) is 11.6. The molecule has 0 bridgehead atoms. The molecule has 0 spiro atoms. The Morgan fingerprint density at radius 1 is 1.39 bits per heavy atom. The highest BCUT2D eigenvalue weighted by Crippen LogP contribution is 2.27. The van der Waals surface area contributed by atoms with E-state index in [1.165, 1.54) is 0 Å². The number of carbonyl (C=O) groups excluding carboxylic acids is 1. The van der Waals surface area contributed by atoms with Crippen molar-refractivity contribution in [2.75, 3.05) is 19.1 Å².